The number of rotatable bonds is 7. The van der Waals surface area contributed by atoms with Gasteiger partial charge in [0.15, 0.2) is 0 Å². The normalized spacial score (nSPS) is 15.9. The van der Waals surface area contributed by atoms with Crippen LogP contribution in [-0.4, -0.2) is 60.7 Å². The summed E-state index contributed by atoms with van der Waals surface area (Å²) >= 11 is 0. The van der Waals surface area contributed by atoms with E-state index in [1.165, 1.54) is 0 Å². The molecule has 0 saturated carbocycles. The van der Waals surface area contributed by atoms with Crippen LogP contribution < -0.4 is 10.6 Å². The number of amides is 2. The number of hydrogen-bond acceptors (Lipinski definition) is 6. The number of anilines is 1. The Morgan fingerprint density at radius 1 is 1.00 bits per heavy atom. The largest absolute Gasteiger partial charge is 0.444 e. The van der Waals surface area contributed by atoms with E-state index >= 15 is 0 Å². The minimum Gasteiger partial charge on any atom is -0.444 e. The number of ether oxygens (including phenoxy) is 1. The summed E-state index contributed by atoms with van der Waals surface area (Å²) in [6, 6.07) is 15.8. The van der Waals surface area contributed by atoms with Crippen LogP contribution in [0.25, 0.3) is 11.4 Å². The Balaban J connectivity index is 1.32. The van der Waals surface area contributed by atoms with Crippen LogP contribution in [0, 0.1) is 6.92 Å². The predicted octanol–water partition coefficient (Wildman–Crippen LogP) is 5.11. The lowest BCUT2D eigenvalue weighted by atomic mass is 10.0. The molecule has 41 heavy (non-hydrogen) atoms. The molecule has 0 aliphatic carbocycles. The molecule has 1 aliphatic rings. The summed E-state index contributed by atoms with van der Waals surface area (Å²) in [5.74, 6) is -0.288. The molecule has 10 heteroatoms. The number of nitrogens with zero attached hydrogens (tertiary/aromatic N) is 5. The highest BCUT2D eigenvalue weighted by molar-refractivity contribution is 6.03. The van der Waals surface area contributed by atoms with E-state index in [4.69, 9.17) is 4.74 Å². The van der Waals surface area contributed by atoms with Crippen molar-refractivity contribution in [2.24, 2.45) is 0 Å². The SMILES string of the molecule is Cc1cn(-c2cc(CN3CCC[C@H](NC(=O)OC(C)(C)C)C3)cc(NC(=O)c3cn(-c4ccccc4)cn3)c2)cn1. The summed E-state index contributed by atoms with van der Waals surface area (Å²) in [5.41, 5.74) is 4.23. The Kier molecular flexibility index (Phi) is 8.21. The topological polar surface area (TPSA) is 106 Å². The molecular formula is C31H37N7O3. The van der Waals surface area contributed by atoms with Crippen molar-refractivity contribution in [1.29, 1.82) is 0 Å². The van der Waals surface area contributed by atoms with Crippen molar-refractivity contribution in [3.8, 4) is 11.4 Å². The van der Waals surface area contributed by atoms with Crippen LogP contribution in [0.2, 0.25) is 0 Å². The maximum Gasteiger partial charge on any atom is 0.407 e. The number of carbonyl (C=O) groups excluding carboxylic acids is 2. The third-order valence-corrected chi connectivity index (χ3v) is 6.75. The first kappa shape index (κ1) is 28.1. The van der Waals surface area contributed by atoms with Crippen LogP contribution in [0.15, 0.2) is 73.6 Å². The van der Waals surface area contributed by atoms with E-state index in [1.54, 1.807) is 18.9 Å². The van der Waals surface area contributed by atoms with Gasteiger partial charge in [0.2, 0.25) is 0 Å². The molecule has 10 nitrogen and oxygen atoms in total. The molecule has 2 aromatic carbocycles. The van der Waals surface area contributed by atoms with Crippen molar-refractivity contribution >= 4 is 17.7 Å². The van der Waals surface area contributed by atoms with Crippen molar-refractivity contribution in [3.63, 3.8) is 0 Å². The monoisotopic (exact) mass is 555 g/mol. The molecule has 0 radical (unpaired) electrons. The van der Waals surface area contributed by atoms with E-state index in [9.17, 15) is 9.59 Å². The molecule has 3 heterocycles. The van der Waals surface area contributed by atoms with Gasteiger partial charge in [-0.05, 0) is 83.0 Å². The molecule has 1 aliphatic heterocycles. The second-order valence-electron chi connectivity index (χ2n) is 11.5. The van der Waals surface area contributed by atoms with Crippen molar-refractivity contribution in [3.05, 3.63) is 90.5 Å². The second kappa shape index (κ2) is 12.0. The summed E-state index contributed by atoms with van der Waals surface area (Å²) in [6.07, 6.45) is 8.56. The second-order valence-corrected chi connectivity index (χ2v) is 11.5. The van der Waals surface area contributed by atoms with Crippen LogP contribution in [0.5, 0.6) is 0 Å². The van der Waals surface area contributed by atoms with Crippen LogP contribution in [0.4, 0.5) is 10.5 Å². The molecular weight excluding hydrogens is 518 g/mol. The van der Waals surface area contributed by atoms with Gasteiger partial charge in [-0.1, -0.05) is 18.2 Å². The third kappa shape index (κ3) is 7.61. The number of aryl methyl sites for hydroxylation is 1. The number of hydrogen-bond donors (Lipinski definition) is 2. The average molecular weight is 556 g/mol. The van der Waals surface area contributed by atoms with Crippen molar-refractivity contribution in [2.75, 3.05) is 18.4 Å². The molecule has 0 unspecified atom stereocenters. The van der Waals surface area contributed by atoms with Crippen molar-refractivity contribution < 1.29 is 14.3 Å². The summed E-state index contributed by atoms with van der Waals surface area (Å²) < 4.78 is 9.22. The number of alkyl carbamates (subject to hydrolysis) is 1. The lowest BCUT2D eigenvalue weighted by Gasteiger charge is -2.33. The van der Waals surface area contributed by atoms with Crippen LogP contribution >= 0.6 is 0 Å². The fourth-order valence-corrected chi connectivity index (χ4v) is 4.97. The Bertz CT molecular complexity index is 1500. The smallest absolute Gasteiger partial charge is 0.407 e. The van der Waals surface area contributed by atoms with Crippen LogP contribution in [0.3, 0.4) is 0 Å². The number of nitrogens with one attached hydrogen (secondary N) is 2. The lowest BCUT2D eigenvalue weighted by molar-refractivity contribution is 0.0470. The Morgan fingerprint density at radius 3 is 2.49 bits per heavy atom. The minimum absolute atomic E-state index is 0.0111. The predicted molar refractivity (Wildman–Crippen MR) is 157 cm³/mol. The number of imidazole rings is 2. The zero-order valence-corrected chi connectivity index (χ0v) is 24.0. The van der Waals surface area contributed by atoms with Gasteiger partial charge >= 0.3 is 6.09 Å². The fraction of sp³-hybridized carbons (Fsp3) is 0.355. The van der Waals surface area contributed by atoms with Gasteiger partial charge < -0.3 is 24.5 Å². The molecule has 0 spiro atoms. The first-order valence-electron chi connectivity index (χ1n) is 13.9. The molecule has 4 aromatic rings. The van der Waals surface area contributed by atoms with E-state index in [0.29, 0.717) is 24.5 Å². The van der Waals surface area contributed by atoms with Crippen LogP contribution in [-0.2, 0) is 11.3 Å². The summed E-state index contributed by atoms with van der Waals surface area (Å²) in [5, 5.41) is 6.05. The van der Waals surface area contributed by atoms with Gasteiger partial charge in [-0.2, -0.15) is 0 Å². The standard InChI is InChI=1S/C31H37N7O3/c1-22-16-37(20-32-22)27-14-23(17-36-12-8-9-24(18-36)35-30(40)41-31(2,3)4)13-25(15-27)34-29(39)28-19-38(21-33-28)26-10-6-5-7-11-26/h5-7,10-11,13-16,19-21,24H,8-9,12,17-18H2,1-4H3,(H,34,39)(H,35,40)/t24-/m0/s1. The number of piperidine rings is 1. The van der Waals surface area contributed by atoms with E-state index < -0.39 is 5.60 Å². The quantitative estimate of drug-likeness (QED) is 0.328. The fourth-order valence-electron chi connectivity index (χ4n) is 4.97. The number of aromatic nitrogens is 4. The molecule has 1 saturated heterocycles. The highest BCUT2D eigenvalue weighted by Crippen LogP contribution is 2.23. The summed E-state index contributed by atoms with van der Waals surface area (Å²) in [7, 11) is 0. The summed E-state index contributed by atoms with van der Waals surface area (Å²) in [6.45, 7) is 9.82. The number of carbonyl (C=O) groups is 2. The van der Waals surface area contributed by atoms with E-state index in [1.807, 2.05) is 85.5 Å². The van der Waals surface area contributed by atoms with Gasteiger partial charge in [-0.3, -0.25) is 9.69 Å². The van der Waals surface area contributed by atoms with Crippen LogP contribution in [0.1, 0.15) is 55.4 Å². The molecule has 1 fully saturated rings. The van der Waals surface area contributed by atoms with E-state index in [-0.39, 0.29) is 18.0 Å². The molecule has 214 valence electrons. The maximum atomic E-state index is 13.2. The first-order valence-corrected chi connectivity index (χ1v) is 13.9. The molecule has 0 bridgehead atoms. The number of benzene rings is 2. The van der Waals surface area contributed by atoms with Crippen molar-refractivity contribution in [2.45, 2.75) is 58.7 Å². The average Bonchev–Trinajstić information content (AvgIpc) is 3.58. The zero-order chi connectivity index (χ0) is 29.0. The van der Waals surface area contributed by atoms with Gasteiger partial charge in [0.05, 0.1) is 12.0 Å². The maximum absolute atomic E-state index is 13.2. The lowest BCUT2D eigenvalue weighted by Crippen LogP contribution is -2.48. The highest BCUT2D eigenvalue weighted by Gasteiger charge is 2.24. The number of likely N-dealkylation sites (tertiary alicyclic amines) is 1. The van der Waals surface area contributed by atoms with Crippen molar-refractivity contribution in [1.82, 2.24) is 29.3 Å². The molecule has 5 rings (SSSR count). The Hall–Kier alpha value is -4.44. The molecule has 2 aromatic heterocycles. The first-order chi connectivity index (χ1) is 19.6. The minimum atomic E-state index is -0.537. The van der Waals surface area contributed by atoms with Gasteiger partial charge in [0, 0.05) is 48.6 Å². The van der Waals surface area contributed by atoms with E-state index in [0.717, 1.165) is 42.0 Å². The van der Waals surface area contributed by atoms with Gasteiger partial charge in [0.1, 0.15) is 17.6 Å². The van der Waals surface area contributed by atoms with Gasteiger partial charge in [-0.25, -0.2) is 14.8 Å². The molecule has 2 amide bonds. The molecule has 1 atom stereocenters. The van der Waals surface area contributed by atoms with Gasteiger partial charge in [-0.15, -0.1) is 0 Å². The van der Waals surface area contributed by atoms with Gasteiger partial charge in [0.25, 0.3) is 5.91 Å². The number of para-hydroxylation sites is 1. The summed E-state index contributed by atoms with van der Waals surface area (Å²) in [4.78, 5) is 36.5. The highest BCUT2D eigenvalue weighted by atomic mass is 16.6. The third-order valence-electron chi connectivity index (χ3n) is 6.75. The molecule has 2 N–H and O–H groups in total. The Labute approximate surface area is 240 Å². The Morgan fingerprint density at radius 2 is 1.76 bits per heavy atom. The zero-order valence-electron chi connectivity index (χ0n) is 24.0. The van der Waals surface area contributed by atoms with E-state index in [2.05, 4.69) is 31.6 Å².